The summed E-state index contributed by atoms with van der Waals surface area (Å²) < 4.78 is 22.4. The molecule has 5 rings (SSSR count). The Kier molecular flexibility index (Phi) is 6.37. The zero-order valence-electron chi connectivity index (χ0n) is 18.5. The van der Waals surface area contributed by atoms with Crippen LogP contribution in [0.25, 0.3) is 0 Å². The van der Waals surface area contributed by atoms with Gasteiger partial charge in [0.1, 0.15) is 11.5 Å². The van der Waals surface area contributed by atoms with Crippen LogP contribution in [0.3, 0.4) is 0 Å². The van der Waals surface area contributed by atoms with Gasteiger partial charge in [0.25, 0.3) is 0 Å². The highest BCUT2D eigenvalue weighted by molar-refractivity contribution is 5.76. The molecule has 0 radical (unpaired) electrons. The Morgan fingerprint density at radius 2 is 1.69 bits per heavy atom. The fraction of sp³-hybridized carbons (Fsp3) is 0.440. The van der Waals surface area contributed by atoms with Crippen molar-refractivity contribution in [2.45, 2.75) is 43.7 Å². The van der Waals surface area contributed by atoms with Gasteiger partial charge in [0, 0.05) is 7.05 Å². The second-order valence-corrected chi connectivity index (χ2v) is 8.37. The molecule has 3 fully saturated rings. The maximum absolute atomic E-state index is 12.5. The molecule has 1 amide bonds. The van der Waals surface area contributed by atoms with Crippen molar-refractivity contribution in [3.63, 3.8) is 0 Å². The Morgan fingerprint density at radius 1 is 0.969 bits per heavy atom. The van der Waals surface area contributed by atoms with Crippen LogP contribution in [0.5, 0.6) is 11.5 Å². The van der Waals surface area contributed by atoms with E-state index < -0.39 is 17.6 Å². The number of para-hydroxylation sites is 1. The molecular formula is C25H29NO6. The highest BCUT2D eigenvalue weighted by atomic mass is 16.6. The van der Waals surface area contributed by atoms with E-state index in [0.717, 1.165) is 42.7 Å². The van der Waals surface area contributed by atoms with Gasteiger partial charge < -0.3 is 23.8 Å². The van der Waals surface area contributed by atoms with Gasteiger partial charge in [-0.05, 0) is 62.4 Å². The minimum absolute atomic E-state index is 0.254. The highest BCUT2D eigenvalue weighted by Gasteiger charge is 2.53. The third kappa shape index (κ3) is 4.43. The molecular weight excluding hydrogens is 410 g/mol. The minimum atomic E-state index is -0.549. The Morgan fingerprint density at radius 3 is 2.34 bits per heavy atom. The summed E-state index contributed by atoms with van der Waals surface area (Å²) in [5.41, 5.74) is 0.283. The van der Waals surface area contributed by atoms with Gasteiger partial charge in [0.2, 0.25) is 0 Å². The number of ether oxygens (including phenoxy) is 4. The van der Waals surface area contributed by atoms with Crippen molar-refractivity contribution < 1.29 is 28.5 Å². The van der Waals surface area contributed by atoms with Crippen LogP contribution in [-0.4, -0.2) is 49.4 Å². The number of amides is 1. The van der Waals surface area contributed by atoms with E-state index in [2.05, 4.69) is 6.07 Å². The van der Waals surface area contributed by atoms with Crippen molar-refractivity contribution in [2.75, 3.05) is 26.9 Å². The normalized spacial score (nSPS) is 23.9. The average Bonchev–Trinajstić information content (AvgIpc) is 2.84. The SMILES string of the molecule is CCOC(=O)COC(=O)N(C)C12CCC(c3cccc(Oc4ccccc4)c3)(CC1)OC2. The van der Waals surface area contributed by atoms with Gasteiger partial charge in [-0.1, -0.05) is 30.3 Å². The third-order valence-electron chi connectivity index (χ3n) is 6.55. The summed E-state index contributed by atoms with van der Waals surface area (Å²) in [6.45, 7) is 2.00. The van der Waals surface area contributed by atoms with Gasteiger partial charge in [-0.2, -0.15) is 0 Å². The molecule has 2 saturated heterocycles. The van der Waals surface area contributed by atoms with Gasteiger partial charge in [-0.3, -0.25) is 0 Å². The number of hydrogen-bond donors (Lipinski definition) is 0. The van der Waals surface area contributed by atoms with Crippen molar-refractivity contribution in [3.05, 3.63) is 60.2 Å². The maximum atomic E-state index is 12.5. The van der Waals surface area contributed by atoms with Gasteiger partial charge >= 0.3 is 12.1 Å². The van der Waals surface area contributed by atoms with Crippen LogP contribution in [0.15, 0.2) is 54.6 Å². The largest absolute Gasteiger partial charge is 0.463 e. The predicted molar refractivity (Wildman–Crippen MR) is 118 cm³/mol. The van der Waals surface area contributed by atoms with Crippen LogP contribution < -0.4 is 4.74 Å². The quantitative estimate of drug-likeness (QED) is 0.585. The number of rotatable bonds is 7. The van der Waals surface area contributed by atoms with E-state index in [4.69, 9.17) is 18.9 Å². The van der Waals surface area contributed by atoms with E-state index in [0.29, 0.717) is 6.61 Å². The van der Waals surface area contributed by atoms with E-state index in [1.807, 2.05) is 48.5 Å². The van der Waals surface area contributed by atoms with Crippen LogP contribution in [0.4, 0.5) is 4.79 Å². The van der Waals surface area contributed by atoms with Crippen LogP contribution in [0.2, 0.25) is 0 Å². The highest BCUT2D eigenvalue weighted by Crippen LogP contribution is 2.52. The molecule has 3 aliphatic rings. The Bertz CT molecular complexity index is 935. The molecule has 2 bridgehead atoms. The summed E-state index contributed by atoms with van der Waals surface area (Å²) in [4.78, 5) is 25.6. The molecule has 0 aromatic heterocycles. The van der Waals surface area contributed by atoms with Crippen LogP contribution in [0.1, 0.15) is 38.2 Å². The van der Waals surface area contributed by atoms with Crippen molar-refractivity contribution in [3.8, 4) is 11.5 Å². The summed E-state index contributed by atoms with van der Waals surface area (Å²) in [6, 6.07) is 17.7. The first kappa shape index (κ1) is 22.1. The number of benzene rings is 2. The number of nitrogens with zero attached hydrogens (tertiary/aromatic N) is 1. The molecule has 0 unspecified atom stereocenters. The zero-order chi connectivity index (χ0) is 22.6. The number of fused-ring (bicyclic) bond motifs is 3. The van der Waals surface area contributed by atoms with Crippen molar-refractivity contribution in [1.29, 1.82) is 0 Å². The molecule has 7 nitrogen and oxygen atoms in total. The zero-order valence-corrected chi connectivity index (χ0v) is 18.5. The van der Waals surface area contributed by atoms with Crippen molar-refractivity contribution in [2.24, 2.45) is 0 Å². The minimum Gasteiger partial charge on any atom is -0.463 e. The van der Waals surface area contributed by atoms with E-state index >= 15 is 0 Å². The first-order valence-corrected chi connectivity index (χ1v) is 11.0. The third-order valence-corrected chi connectivity index (χ3v) is 6.55. The maximum Gasteiger partial charge on any atom is 0.410 e. The molecule has 7 heteroatoms. The molecule has 2 heterocycles. The van der Waals surface area contributed by atoms with Gasteiger partial charge in [0.15, 0.2) is 6.61 Å². The van der Waals surface area contributed by atoms with E-state index in [1.54, 1.807) is 18.9 Å². The predicted octanol–water partition coefficient (Wildman–Crippen LogP) is 4.65. The molecule has 2 aromatic rings. The second kappa shape index (κ2) is 9.20. The summed E-state index contributed by atoms with van der Waals surface area (Å²) in [6.07, 6.45) is 2.63. The first-order valence-electron chi connectivity index (χ1n) is 11.0. The standard InChI is InChI=1S/C25H29NO6/c1-3-29-22(27)17-30-23(28)26(2)24-12-14-25(15-13-24,31-18-24)19-8-7-11-21(16-19)32-20-9-5-4-6-10-20/h4-11,16H,3,12-15,17-18H2,1-2H3. The fourth-order valence-electron chi connectivity index (χ4n) is 4.57. The monoisotopic (exact) mass is 439 g/mol. The number of esters is 1. The molecule has 0 N–H and O–H groups in total. The molecule has 2 aliphatic heterocycles. The number of hydrogen-bond acceptors (Lipinski definition) is 6. The summed E-state index contributed by atoms with van der Waals surface area (Å²) >= 11 is 0. The molecule has 32 heavy (non-hydrogen) atoms. The van der Waals surface area contributed by atoms with E-state index in [-0.39, 0.29) is 18.8 Å². The van der Waals surface area contributed by atoms with Gasteiger partial charge in [0.05, 0.1) is 24.4 Å². The van der Waals surface area contributed by atoms with Crippen LogP contribution in [-0.2, 0) is 24.6 Å². The van der Waals surface area contributed by atoms with Crippen LogP contribution >= 0.6 is 0 Å². The summed E-state index contributed by atoms with van der Waals surface area (Å²) in [7, 11) is 1.71. The molecule has 0 spiro atoms. The Hall–Kier alpha value is -3.06. The second-order valence-electron chi connectivity index (χ2n) is 8.37. The molecule has 0 atom stereocenters. The van der Waals surface area contributed by atoms with Crippen molar-refractivity contribution >= 4 is 12.1 Å². The smallest absolute Gasteiger partial charge is 0.410 e. The Labute approximate surface area is 188 Å². The lowest BCUT2D eigenvalue weighted by Crippen LogP contribution is -2.62. The van der Waals surface area contributed by atoms with Gasteiger partial charge in [-0.25, -0.2) is 9.59 Å². The molecule has 1 aliphatic carbocycles. The summed E-state index contributed by atoms with van der Waals surface area (Å²) in [5.74, 6) is 1.01. The van der Waals surface area contributed by atoms with Crippen molar-refractivity contribution in [1.82, 2.24) is 4.90 Å². The number of likely N-dealkylation sites (N-methyl/N-ethyl adjacent to an activating group) is 1. The average molecular weight is 440 g/mol. The lowest BCUT2D eigenvalue weighted by Gasteiger charge is -2.56. The Balaban J connectivity index is 1.41. The molecule has 2 aromatic carbocycles. The lowest BCUT2D eigenvalue weighted by molar-refractivity contribution is -0.190. The first-order chi connectivity index (χ1) is 15.5. The number of carbonyl (C=O) groups is 2. The molecule has 170 valence electrons. The molecule has 1 saturated carbocycles. The lowest BCUT2D eigenvalue weighted by atomic mass is 9.68. The van der Waals surface area contributed by atoms with Crippen LogP contribution in [0, 0.1) is 0 Å². The number of carbonyl (C=O) groups excluding carboxylic acids is 2. The summed E-state index contributed by atoms with van der Waals surface area (Å²) in [5, 5.41) is 0. The van der Waals surface area contributed by atoms with E-state index in [9.17, 15) is 9.59 Å². The fourth-order valence-corrected chi connectivity index (χ4v) is 4.57. The van der Waals surface area contributed by atoms with Gasteiger partial charge in [-0.15, -0.1) is 0 Å². The topological polar surface area (TPSA) is 74.3 Å². The van der Waals surface area contributed by atoms with E-state index in [1.165, 1.54) is 0 Å².